The minimum absolute atomic E-state index is 0.381. The van der Waals surface area contributed by atoms with Crippen molar-refractivity contribution >= 4 is 16.9 Å². The molecule has 0 saturated carbocycles. The molecule has 3 aromatic rings. The fourth-order valence-electron chi connectivity index (χ4n) is 1.71. The van der Waals surface area contributed by atoms with Crippen molar-refractivity contribution in [3.8, 4) is 5.82 Å². The fraction of sp³-hybridized carbons (Fsp3) is 0.0833. The molecule has 0 spiro atoms. The van der Waals surface area contributed by atoms with E-state index in [9.17, 15) is 0 Å². The number of benzene rings is 1. The van der Waals surface area contributed by atoms with Crippen molar-refractivity contribution in [1.82, 2.24) is 19.7 Å². The molecule has 2 N–H and O–H groups in total. The van der Waals surface area contributed by atoms with E-state index in [1.54, 1.807) is 4.68 Å². The summed E-state index contributed by atoms with van der Waals surface area (Å²) >= 11 is 0. The van der Waals surface area contributed by atoms with E-state index in [2.05, 4.69) is 15.1 Å². The summed E-state index contributed by atoms with van der Waals surface area (Å²) in [6.45, 7) is 1.92. The third-order valence-corrected chi connectivity index (χ3v) is 2.52. The molecule has 0 amide bonds. The molecule has 0 aliphatic heterocycles. The Labute approximate surface area is 97.9 Å². The van der Waals surface area contributed by atoms with Gasteiger partial charge in [-0.2, -0.15) is 5.10 Å². The Morgan fingerprint density at radius 1 is 1.06 bits per heavy atom. The number of nitrogens with two attached hydrogens (primary N) is 1. The van der Waals surface area contributed by atoms with E-state index in [1.807, 2.05) is 43.5 Å². The number of hydrogen-bond acceptors (Lipinski definition) is 4. The standard InChI is InChI=1S/C12H11N5/c1-8-6-7-17(16-8)12-11(13)14-9-4-2-3-5-10(9)15-12/h2-7H,1H3,(H2,13,14). The zero-order valence-corrected chi connectivity index (χ0v) is 9.33. The first-order valence-corrected chi connectivity index (χ1v) is 5.29. The molecule has 0 radical (unpaired) electrons. The van der Waals surface area contributed by atoms with E-state index in [0.29, 0.717) is 11.6 Å². The highest BCUT2D eigenvalue weighted by atomic mass is 15.3. The van der Waals surface area contributed by atoms with E-state index < -0.39 is 0 Å². The molecule has 5 nitrogen and oxygen atoms in total. The summed E-state index contributed by atoms with van der Waals surface area (Å²) in [5.41, 5.74) is 8.41. The molecule has 0 fully saturated rings. The third-order valence-electron chi connectivity index (χ3n) is 2.52. The van der Waals surface area contributed by atoms with Crippen LogP contribution < -0.4 is 5.73 Å². The maximum atomic E-state index is 5.89. The maximum absolute atomic E-state index is 5.89. The lowest BCUT2D eigenvalue weighted by Gasteiger charge is -2.05. The summed E-state index contributed by atoms with van der Waals surface area (Å²) in [4.78, 5) is 8.79. The molecule has 3 rings (SSSR count). The van der Waals surface area contributed by atoms with Crippen molar-refractivity contribution in [1.29, 1.82) is 0 Å². The molecule has 0 saturated heterocycles. The summed E-state index contributed by atoms with van der Waals surface area (Å²) in [5.74, 6) is 0.948. The summed E-state index contributed by atoms with van der Waals surface area (Å²) in [6.07, 6.45) is 1.82. The summed E-state index contributed by atoms with van der Waals surface area (Å²) < 4.78 is 1.64. The third kappa shape index (κ3) is 1.61. The highest BCUT2D eigenvalue weighted by Gasteiger charge is 2.08. The van der Waals surface area contributed by atoms with Crippen LogP contribution in [0.3, 0.4) is 0 Å². The van der Waals surface area contributed by atoms with Gasteiger partial charge in [0.15, 0.2) is 11.6 Å². The molecule has 5 heteroatoms. The van der Waals surface area contributed by atoms with Crippen molar-refractivity contribution in [2.24, 2.45) is 0 Å². The second kappa shape index (κ2) is 3.55. The maximum Gasteiger partial charge on any atom is 0.196 e. The number of rotatable bonds is 1. The summed E-state index contributed by atoms with van der Waals surface area (Å²) in [5, 5.41) is 4.28. The number of nitrogens with zero attached hydrogens (tertiary/aromatic N) is 4. The zero-order valence-electron chi connectivity index (χ0n) is 9.33. The molecule has 0 aliphatic carbocycles. The number of fused-ring (bicyclic) bond motifs is 1. The first-order chi connectivity index (χ1) is 8.24. The van der Waals surface area contributed by atoms with Crippen molar-refractivity contribution in [3.05, 3.63) is 42.2 Å². The Bertz CT molecular complexity index is 686. The normalized spacial score (nSPS) is 10.9. The minimum atomic E-state index is 0.381. The van der Waals surface area contributed by atoms with Crippen molar-refractivity contribution in [3.63, 3.8) is 0 Å². The van der Waals surface area contributed by atoms with Gasteiger partial charge in [0.2, 0.25) is 0 Å². The van der Waals surface area contributed by atoms with Crippen molar-refractivity contribution in [2.75, 3.05) is 5.73 Å². The Balaban J connectivity index is 2.26. The van der Waals surface area contributed by atoms with Gasteiger partial charge in [-0.05, 0) is 25.1 Å². The molecule has 1 aromatic carbocycles. The SMILES string of the molecule is Cc1ccn(-c2nc3ccccc3nc2N)n1. The van der Waals surface area contributed by atoms with Gasteiger partial charge in [-0.15, -0.1) is 0 Å². The van der Waals surface area contributed by atoms with Crippen LogP contribution in [0.15, 0.2) is 36.5 Å². The van der Waals surface area contributed by atoms with E-state index in [1.165, 1.54) is 0 Å². The van der Waals surface area contributed by atoms with Gasteiger partial charge in [-0.25, -0.2) is 14.6 Å². The first-order valence-electron chi connectivity index (χ1n) is 5.29. The van der Waals surface area contributed by atoms with Crippen LogP contribution in [0, 0.1) is 6.92 Å². The van der Waals surface area contributed by atoms with Gasteiger partial charge < -0.3 is 5.73 Å². The van der Waals surface area contributed by atoms with Crippen LogP contribution in [0.25, 0.3) is 16.9 Å². The molecule has 2 aromatic heterocycles. The predicted octanol–water partition coefficient (Wildman–Crippen LogP) is 1.71. The molecular formula is C12H11N5. The molecule has 17 heavy (non-hydrogen) atoms. The Morgan fingerprint density at radius 3 is 2.41 bits per heavy atom. The lowest BCUT2D eigenvalue weighted by Crippen LogP contribution is -2.06. The Kier molecular flexibility index (Phi) is 2.04. The second-order valence-corrected chi connectivity index (χ2v) is 3.82. The van der Waals surface area contributed by atoms with Gasteiger partial charge >= 0.3 is 0 Å². The molecule has 2 heterocycles. The molecule has 84 valence electrons. The van der Waals surface area contributed by atoms with Crippen LogP contribution >= 0.6 is 0 Å². The number of hydrogen-bond donors (Lipinski definition) is 1. The van der Waals surface area contributed by atoms with E-state index in [0.717, 1.165) is 16.7 Å². The van der Waals surface area contributed by atoms with Crippen LogP contribution in [0.4, 0.5) is 5.82 Å². The van der Waals surface area contributed by atoms with Crippen molar-refractivity contribution in [2.45, 2.75) is 6.92 Å². The van der Waals surface area contributed by atoms with Gasteiger partial charge in [0.25, 0.3) is 0 Å². The lowest BCUT2D eigenvalue weighted by atomic mass is 10.3. The smallest absolute Gasteiger partial charge is 0.196 e. The highest BCUT2D eigenvalue weighted by Crippen LogP contribution is 2.17. The van der Waals surface area contributed by atoms with E-state index in [4.69, 9.17) is 5.73 Å². The number of aromatic nitrogens is 4. The molecule has 0 aliphatic rings. The molecule has 0 bridgehead atoms. The van der Waals surface area contributed by atoms with Crippen LogP contribution in [0.1, 0.15) is 5.69 Å². The monoisotopic (exact) mass is 225 g/mol. The summed E-state index contributed by atoms with van der Waals surface area (Å²) in [7, 11) is 0. The van der Waals surface area contributed by atoms with Gasteiger partial charge in [0, 0.05) is 6.20 Å². The van der Waals surface area contributed by atoms with Gasteiger partial charge in [-0.3, -0.25) is 0 Å². The molecular weight excluding hydrogens is 214 g/mol. The largest absolute Gasteiger partial charge is 0.381 e. The second-order valence-electron chi connectivity index (χ2n) is 3.82. The lowest BCUT2D eigenvalue weighted by molar-refractivity contribution is 0.835. The summed E-state index contributed by atoms with van der Waals surface area (Å²) in [6, 6.07) is 9.52. The average Bonchev–Trinajstić information content (AvgIpc) is 2.75. The topological polar surface area (TPSA) is 69.6 Å². The van der Waals surface area contributed by atoms with Gasteiger partial charge in [-0.1, -0.05) is 12.1 Å². The number of anilines is 1. The van der Waals surface area contributed by atoms with E-state index in [-0.39, 0.29) is 0 Å². The van der Waals surface area contributed by atoms with Gasteiger partial charge in [0.05, 0.1) is 16.7 Å². The Morgan fingerprint density at radius 2 is 1.76 bits per heavy atom. The van der Waals surface area contributed by atoms with E-state index >= 15 is 0 Å². The van der Waals surface area contributed by atoms with Crippen LogP contribution in [-0.2, 0) is 0 Å². The zero-order chi connectivity index (χ0) is 11.8. The number of nitrogen functional groups attached to an aromatic ring is 1. The van der Waals surface area contributed by atoms with Crippen LogP contribution in [-0.4, -0.2) is 19.7 Å². The quantitative estimate of drug-likeness (QED) is 0.684. The predicted molar refractivity (Wildman–Crippen MR) is 65.8 cm³/mol. The molecule has 0 unspecified atom stereocenters. The number of aryl methyl sites for hydroxylation is 1. The fourth-order valence-corrected chi connectivity index (χ4v) is 1.71. The van der Waals surface area contributed by atoms with Gasteiger partial charge in [0.1, 0.15) is 0 Å². The van der Waals surface area contributed by atoms with Crippen LogP contribution in [0.5, 0.6) is 0 Å². The van der Waals surface area contributed by atoms with Crippen LogP contribution in [0.2, 0.25) is 0 Å². The molecule has 0 atom stereocenters. The average molecular weight is 225 g/mol. The number of para-hydroxylation sites is 2. The first kappa shape index (κ1) is 9.77. The highest BCUT2D eigenvalue weighted by molar-refractivity contribution is 5.77. The van der Waals surface area contributed by atoms with Crippen molar-refractivity contribution < 1.29 is 0 Å². The Hall–Kier alpha value is -2.43. The minimum Gasteiger partial charge on any atom is -0.381 e.